The van der Waals surface area contributed by atoms with Gasteiger partial charge in [-0.1, -0.05) is 97.1 Å². The standard InChI is InChI=1S/C30H22O8.C26H26N4/c31-27(32)21-9-1-17(2-10-21)25(18-3-11-22(12-4-18)28(33)34)26(19-5-13-23(14-6-19)29(35)36)20-7-15-24(16-8-20)30(37)38;27-21-9-1-17(2-10-21)25(18-3-11-22(28)12-4-18)26(19-5-13-23(29)14-6-19)20-7-15-24(30)16-8-20/h1-16,25-26H,(H,31,32)(H,33,34)(H,35,36)(H,37,38);1-16,25-26H,27-30H2. The number of nitrogen functional groups attached to an aromatic ring is 4. The Morgan fingerprint density at radius 2 is 0.353 bits per heavy atom. The van der Waals surface area contributed by atoms with Crippen molar-refractivity contribution in [2.45, 2.75) is 23.7 Å². The zero-order valence-corrected chi connectivity index (χ0v) is 36.5. The van der Waals surface area contributed by atoms with Crippen LogP contribution in [-0.4, -0.2) is 44.3 Å². The Bertz CT molecular complexity index is 2600. The monoisotopic (exact) mass is 904 g/mol. The van der Waals surface area contributed by atoms with Gasteiger partial charge in [-0.15, -0.1) is 0 Å². The van der Waals surface area contributed by atoms with Gasteiger partial charge in [-0.05, 0) is 142 Å². The topological polar surface area (TPSA) is 253 Å². The van der Waals surface area contributed by atoms with Crippen LogP contribution in [0.5, 0.6) is 0 Å². The van der Waals surface area contributed by atoms with Crippen LogP contribution in [0.3, 0.4) is 0 Å². The fraction of sp³-hybridized carbons (Fsp3) is 0.0714. The van der Waals surface area contributed by atoms with Gasteiger partial charge >= 0.3 is 23.9 Å². The molecule has 340 valence electrons. The van der Waals surface area contributed by atoms with Crippen LogP contribution in [0.1, 0.15) is 110 Å². The maximum atomic E-state index is 11.5. The highest BCUT2D eigenvalue weighted by atomic mass is 16.4. The molecule has 0 amide bonds. The number of nitrogens with two attached hydrogens (primary N) is 4. The quantitative estimate of drug-likeness (QED) is 0.0474. The number of carboxylic acid groups (broad SMARTS) is 4. The van der Waals surface area contributed by atoms with Crippen LogP contribution in [-0.2, 0) is 0 Å². The van der Waals surface area contributed by atoms with Crippen molar-refractivity contribution in [2.24, 2.45) is 0 Å². The molecule has 12 heteroatoms. The van der Waals surface area contributed by atoms with E-state index < -0.39 is 35.7 Å². The second-order valence-corrected chi connectivity index (χ2v) is 16.3. The summed E-state index contributed by atoms with van der Waals surface area (Å²) < 4.78 is 0. The van der Waals surface area contributed by atoms with Crippen LogP contribution in [0.2, 0.25) is 0 Å². The molecule has 0 spiro atoms. The number of benzene rings is 8. The minimum absolute atomic E-state index is 0.0541. The van der Waals surface area contributed by atoms with Gasteiger partial charge in [-0.25, -0.2) is 19.2 Å². The highest BCUT2D eigenvalue weighted by Crippen LogP contribution is 2.45. The second-order valence-electron chi connectivity index (χ2n) is 16.3. The first-order valence-electron chi connectivity index (χ1n) is 21.4. The van der Waals surface area contributed by atoms with Crippen LogP contribution in [0.4, 0.5) is 22.7 Å². The van der Waals surface area contributed by atoms with Crippen molar-refractivity contribution in [1.29, 1.82) is 0 Å². The van der Waals surface area contributed by atoms with Gasteiger partial charge < -0.3 is 43.4 Å². The fourth-order valence-corrected chi connectivity index (χ4v) is 8.45. The molecule has 68 heavy (non-hydrogen) atoms. The average Bonchev–Trinajstić information content (AvgIpc) is 3.34. The van der Waals surface area contributed by atoms with Crippen LogP contribution in [0.15, 0.2) is 194 Å². The van der Waals surface area contributed by atoms with Gasteiger partial charge in [0.15, 0.2) is 0 Å². The van der Waals surface area contributed by atoms with E-state index in [4.69, 9.17) is 22.9 Å². The molecule has 12 N–H and O–H groups in total. The average molecular weight is 905 g/mol. The molecule has 12 nitrogen and oxygen atoms in total. The van der Waals surface area contributed by atoms with E-state index in [0.29, 0.717) is 0 Å². The van der Waals surface area contributed by atoms with Crippen LogP contribution >= 0.6 is 0 Å². The maximum absolute atomic E-state index is 11.5. The molecule has 0 bridgehead atoms. The molecule has 0 heterocycles. The summed E-state index contributed by atoms with van der Waals surface area (Å²) in [6, 6.07) is 57.7. The predicted molar refractivity (Wildman–Crippen MR) is 264 cm³/mol. The van der Waals surface area contributed by atoms with Crippen LogP contribution in [0.25, 0.3) is 0 Å². The zero-order chi connectivity index (χ0) is 48.5. The lowest BCUT2D eigenvalue weighted by atomic mass is 9.73. The molecule has 0 aliphatic rings. The third kappa shape index (κ3) is 11.0. The molecule has 8 aromatic rings. The van der Waals surface area contributed by atoms with Crippen LogP contribution < -0.4 is 22.9 Å². The van der Waals surface area contributed by atoms with Gasteiger partial charge in [0.25, 0.3) is 0 Å². The number of hydrogen-bond acceptors (Lipinski definition) is 8. The Balaban J connectivity index is 0.000000207. The summed E-state index contributed by atoms with van der Waals surface area (Å²) in [6.45, 7) is 0. The van der Waals surface area contributed by atoms with E-state index >= 15 is 0 Å². The Kier molecular flexibility index (Phi) is 14.3. The molecule has 0 aromatic heterocycles. The molecule has 0 atom stereocenters. The Morgan fingerprint density at radius 3 is 0.471 bits per heavy atom. The number of aromatic carboxylic acids is 4. The van der Waals surface area contributed by atoms with Crippen molar-refractivity contribution >= 4 is 46.6 Å². The van der Waals surface area contributed by atoms with Crippen molar-refractivity contribution < 1.29 is 39.6 Å². The van der Waals surface area contributed by atoms with E-state index in [-0.39, 0.29) is 34.1 Å². The van der Waals surface area contributed by atoms with E-state index in [2.05, 4.69) is 48.5 Å². The number of anilines is 4. The van der Waals surface area contributed by atoms with Gasteiger partial charge in [0, 0.05) is 46.4 Å². The van der Waals surface area contributed by atoms with Crippen molar-refractivity contribution in [3.63, 3.8) is 0 Å². The summed E-state index contributed by atoms with van der Waals surface area (Å²) in [7, 11) is 0. The van der Waals surface area contributed by atoms with Crippen molar-refractivity contribution in [3.8, 4) is 0 Å². The van der Waals surface area contributed by atoms with Gasteiger partial charge in [-0.3, -0.25) is 0 Å². The van der Waals surface area contributed by atoms with Crippen molar-refractivity contribution in [2.75, 3.05) is 22.9 Å². The minimum atomic E-state index is -1.08. The molecule has 8 rings (SSSR count). The predicted octanol–water partition coefficient (Wildman–Crippen LogP) is 10.4. The molecule has 0 aliphatic carbocycles. The molecule has 0 unspecified atom stereocenters. The molecule has 0 fully saturated rings. The largest absolute Gasteiger partial charge is 0.478 e. The van der Waals surface area contributed by atoms with Gasteiger partial charge in [0.05, 0.1) is 22.3 Å². The molecule has 0 radical (unpaired) electrons. The number of carbonyl (C=O) groups is 4. The zero-order valence-electron chi connectivity index (χ0n) is 36.5. The molecular weight excluding hydrogens is 857 g/mol. The minimum Gasteiger partial charge on any atom is -0.478 e. The summed E-state index contributed by atoms with van der Waals surface area (Å²) in [5.74, 6) is -5.14. The van der Waals surface area contributed by atoms with Crippen molar-refractivity contribution in [1.82, 2.24) is 0 Å². The maximum Gasteiger partial charge on any atom is 0.335 e. The SMILES string of the molecule is Nc1ccc(C(c2ccc(N)cc2)C(c2ccc(N)cc2)c2ccc(N)cc2)cc1.O=C(O)c1ccc(C(c2ccc(C(=O)O)cc2)C(c2ccc(C(=O)O)cc2)c2ccc(C(=O)O)cc2)cc1. The molecule has 0 saturated heterocycles. The normalized spacial score (nSPS) is 11.0. The summed E-state index contributed by atoms with van der Waals surface area (Å²) in [4.78, 5) is 45.8. The smallest absolute Gasteiger partial charge is 0.335 e. The molecule has 0 aliphatic heterocycles. The Hall–Kier alpha value is -9.16. The molecule has 8 aromatic carbocycles. The van der Waals surface area contributed by atoms with E-state index in [1.54, 1.807) is 48.5 Å². The van der Waals surface area contributed by atoms with Crippen LogP contribution in [0, 0.1) is 0 Å². The first-order valence-corrected chi connectivity index (χ1v) is 21.4. The van der Waals surface area contributed by atoms with E-state index in [1.807, 2.05) is 48.5 Å². The third-order valence-electron chi connectivity index (χ3n) is 11.9. The Labute approximate surface area is 392 Å². The lowest BCUT2D eigenvalue weighted by Crippen LogP contribution is -2.16. The van der Waals surface area contributed by atoms with Crippen molar-refractivity contribution in [3.05, 3.63) is 261 Å². The second kappa shape index (κ2) is 20.8. The lowest BCUT2D eigenvalue weighted by molar-refractivity contribution is 0.0686. The summed E-state index contributed by atoms with van der Waals surface area (Å²) in [6.07, 6.45) is 0. The summed E-state index contributed by atoms with van der Waals surface area (Å²) in [5, 5.41) is 37.5. The van der Waals surface area contributed by atoms with E-state index in [0.717, 1.165) is 45.0 Å². The van der Waals surface area contributed by atoms with E-state index in [1.165, 1.54) is 70.8 Å². The molecular formula is C56H48N4O8. The summed E-state index contributed by atoms with van der Waals surface area (Å²) >= 11 is 0. The first-order chi connectivity index (χ1) is 32.7. The van der Waals surface area contributed by atoms with Gasteiger partial charge in [-0.2, -0.15) is 0 Å². The summed E-state index contributed by atoms with van der Waals surface area (Å²) in [5.41, 5.74) is 34.9. The van der Waals surface area contributed by atoms with E-state index in [9.17, 15) is 39.6 Å². The van der Waals surface area contributed by atoms with Gasteiger partial charge in [0.1, 0.15) is 0 Å². The lowest BCUT2D eigenvalue weighted by Gasteiger charge is -2.30. The number of carboxylic acids is 4. The third-order valence-corrected chi connectivity index (χ3v) is 11.9. The first kappa shape index (κ1) is 46.8. The fourth-order valence-electron chi connectivity index (χ4n) is 8.45. The highest BCUT2D eigenvalue weighted by molar-refractivity contribution is 5.89. The number of hydrogen-bond donors (Lipinski definition) is 8. The highest BCUT2D eigenvalue weighted by Gasteiger charge is 2.30. The Morgan fingerprint density at radius 1 is 0.235 bits per heavy atom. The molecule has 0 saturated carbocycles. The van der Waals surface area contributed by atoms with Gasteiger partial charge in [0.2, 0.25) is 0 Å². The number of rotatable bonds is 14.